The molecule has 1 aromatic rings. The van der Waals surface area contributed by atoms with Crippen LogP contribution in [-0.2, 0) is 11.7 Å². The van der Waals surface area contributed by atoms with Crippen molar-refractivity contribution in [3.05, 3.63) is 35.1 Å². The van der Waals surface area contributed by atoms with E-state index in [1.165, 1.54) is 6.07 Å². The van der Waals surface area contributed by atoms with E-state index in [1.54, 1.807) is 0 Å². The first-order valence-corrected chi connectivity index (χ1v) is 6.20. The minimum atomic E-state index is -4.65. The van der Waals surface area contributed by atoms with Gasteiger partial charge in [-0.15, -0.1) is 0 Å². The summed E-state index contributed by atoms with van der Waals surface area (Å²) in [6.07, 6.45) is -3.11. The molecule has 0 heterocycles. The van der Waals surface area contributed by atoms with Gasteiger partial charge in [-0.25, -0.2) is 4.39 Å². The highest BCUT2D eigenvalue weighted by Gasteiger charge is 2.47. The Morgan fingerprint density at radius 1 is 1.11 bits per heavy atom. The Hall–Kier alpha value is -1.10. The van der Waals surface area contributed by atoms with Crippen molar-refractivity contribution in [3.8, 4) is 0 Å². The first kappa shape index (κ1) is 14.3. The SMILES string of the molecule is CC(C)(C)NC1(c2ccc(F)c(C(F)(F)F)c2)CC1. The summed E-state index contributed by atoms with van der Waals surface area (Å²) in [5, 5.41) is 3.33. The molecule has 0 spiro atoms. The molecule has 106 valence electrons. The summed E-state index contributed by atoms with van der Waals surface area (Å²) in [4.78, 5) is 0. The van der Waals surface area contributed by atoms with Gasteiger partial charge in [0.15, 0.2) is 0 Å². The van der Waals surface area contributed by atoms with Crippen LogP contribution in [0.25, 0.3) is 0 Å². The molecule has 5 heteroatoms. The fourth-order valence-electron chi connectivity index (χ4n) is 2.37. The lowest BCUT2D eigenvalue weighted by Crippen LogP contribution is -2.43. The van der Waals surface area contributed by atoms with E-state index < -0.39 is 23.1 Å². The van der Waals surface area contributed by atoms with Crippen molar-refractivity contribution in [3.63, 3.8) is 0 Å². The Morgan fingerprint density at radius 3 is 2.11 bits per heavy atom. The second-order valence-corrected chi connectivity index (χ2v) is 6.15. The molecule has 1 nitrogen and oxygen atoms in total. The van der Waals surface area contributed by atoms with Crippen LogP contribution in [0, 0.1) is 5.82 Å². The number of hydrogen-bond donors (Lipinski definition) is 1. The lowest BCUT2D eigenvalue weighted by molar-refractivity contribution is -0.140. The average molecular weight is 275 g/mol. The zero-order valence-electron chi connectivity index (χ0n) is 11.2. The lowest BCUT2D eigenvalue weighted by atomic mass is 9.97. The molecule has 1 N–H and O–H groups in total. The molecule has 1 aliphatic rings. The predicted octanol–water partition coefficient (Wildman–Crippen LogP) is 4.22. The van der Waals surface area contributed by atoms with Gasteiger partial charge in [0, 0.05) is 11.1 Å². The first-order chi connectivity index (χ1) is 8.54. The van der Waals surface area contributed by atoms with Crippen molar-refractivity contribution in [2.24, 2.45) is 0 Å². The van der Waals surface area contributed by atoms with E-state index in [4.69, 9.17) is 0 Å². The van der Waals surface area contributed by atoms with Gasteiger partial charge in [0.05, 0.1) is 5.56 Å². The molecule has 1 aliphatic carbocycles. The molecule has 0 aliphatic heterocycles. The lowest BCUT2D eigenvalue weighted by Gasteiger charge is -2.29. The Balaban J connectivity index is 2.37. The van der Waals surface area contributed by atoms with Crippen LogP contribution < -0.4 is 5.32 Å². The van der Waals surface area contributed by atoms with Crippen LogP contribution in [0.3, 0.4) is 0 Å². The minimum absolute atomic E-state index is 0.205. The summed E-state index contributed by atoms with van der Waals surface area (Å²) in [6.45, 7) is 5.88. The summed E-state index contributed by atoms with van der Waals surface area (Å²) < 4.78 is 51.4. The average Bonchev–Trinajstić information content (AvgIpc) is 2.94. The van der Waals surface area contributed by atoms with Crippen molar-refractivity contribution in [1.82, 2.24) is 5.32 Å². The highest BCUT2D eigenvalue weighted by Crippen LogP contribution is 2.48. The van der Waals surface area contributed by atoms with Crippen LogP contribution in [0.4, 0.5) is 17.6 Å². The first-order valence-electron chi connectivity index (χ1n) is 6.20. The van der Waals surface area contributed by atoms with E-state index in [1.807, 2.05) is 20.8 Å². The molecule has 1 aromatic carbocycles. The largest absolute Gasteiger partial charge is 0.419 e. The van der Waals surface area contributed by atoms with Crippen LogP contribution in [0.15, 0.2) is 18.2 Å². The molecule has 0 radical (unpaired) electrons. The van der Waals surface area contributed by atoms with Crippen LogP contribution in [0.1, 0.15) is 44.7 Å². The summed E-state index contributed by atoms with van der Waals surface area (Å²) in [6, 6.07) is 3.28. The molecular formula is C14H17F4N. The fraction of sp³-hybridized carbons (Fsp3) is 0.571. The van der Waals surface area contributed by atoms with Crippen LogP contribution in [0.5, 0.6) is 0 Å². The standard InChI is InChI=1S/C14H17F4N/c1-12(2,3)19-13(6-7-13)9-4-5-11(15)10(8-9)14(16,17)18/h4-5,8,19H,6-7H2,1-3H3. The summed E-state index contributed by atoms with van der Waals surface area (Å²) in [7, 11) is 0. The normalized spacial score (nSPS) is 18.5. The van der Waals surface area contributed by atoms with Gasteiger partial charge in [-0.3, -0.25) is 0 Å². The quantitative estimate of drug-likeness (QED) is 0.797. The maximum absolute atomic E-state index is 13.3. The van der Waals surface area contributed by atoms with Crippen molar-refractivity contribution in [1.29, 1.82) is 0 Å². The molecular weight excluding hydrogens is 258 g/mol. The van der Waals surface area contributed by atoms with E-state index in [0.717, 1.165) is 25.0 Å². The Morgan fingerprint density at radius 2 is 1.68 bits per heavy atom. The molecule has 0 saturated heterocycles. The Kier molecular flexibility index (Phi) is 3.16. The third kappa shape index (κ3) is 3.08. The van der Waals surface area contributed by atoms with Crippen molar-refractivity contribution in [2.45, 2.75) is 50.9 Å². The second-order valence-electron chi connectivity index (χ2n) is 6.15. The third-order valence-corrected chi connectivity index (χ3v) is 3.19. The number of hydrogen-bond acceptors (Lipinski definition) is 1. The second kappa shape index (κ2) is 4.20. The molecule has 19 heavy (non-hydrogen) atoms. The molecule has 1 saturated carbocycles. The molecule has 0 aromatic heterocycles. The summed E-state index contributed by atoms with van der Waals surface area (Å²) in [5.41, 5.74) is -1.32. The smallest absolute Gasteiger partial charge is 0.303 e. The highest BCUT2D eigenvalue weighted by molar-refractivity contribution is 5.36. The van der Waals surface area contributed by atoms with E-state index >= 15 is 0 Å². The van der Waals surface area contributed by atoms with Crippen LogP contribution in [0.2, 0.25) is 0 Å². The molecule has 0 atom stereocenters. The molecule has 2 rings (SSSR count). The van der Waals surface area contributed by atoms with E-state index in [-0.39, 0.29) is 5.54 Å². The van der Waals surface area contributed by atoms with Gasteiger partial charge >= 0.3 is 6.18 Å². The van der Waals surface area contributed by atoms with E-state index in [2.05, 4.69) is 5.32 Å². The number of alkyl halides is 3. The Labute approximate surface area is 110 Å². The maximum Gasteiger partial charge on any atom is 0.419 e. The number of nitrogens with one attached hydrogen (secondary N) is 1. The number of halogens is 4. The zero-order valence-corrected chi connectivity index (χ0v) is 11.2. The molecule has 1 fully saturated rings. The summed E-state index contributed by atoms with van der Waals surface area (Å²) >= 11 is 0. The van der Waals surface area contributed by atoms with Gasteiger partial charge in [0.25, 0.3) is 0 Å². The van der Waals surface area contributed by atoms with Gasteiger partial charge in [-0.05, 0) is 51.3 Å². The predicted molar refractivity (Wildman–Crippen MR) is 65.2 cm³/mol. The van der Waals surface area contributed by atoms with Gasteiger partial charge in [0.1, 0.15) is 5.82 Å². The molecule has 0 bridgehead atoms. The third-order valence-electron chi connectivity index (χ3n) is 3.19. The topological polar surface area (TPSA) is 12.0 Å². The number of rotatable bonds is 2. The number of benzene rings is 1. The monoisotopic (exact) mass is 275 g/mol. The maximum atomic E-state index is 13.3. The minimum Gasteiger partial charge on any atom is -0.303 e. The van der Waals surface area contributed by atoms with Gasteiger partial charge < -0.3 is 5.32 Å². The van der Waals surface area contributed by atoms with E-state index in [9.17, 15) is 17.6 Å². The van der Waals surface area contributed by atoms with E-state index in [0.29, 0.717) is 5.56 Å². The van der Waals surface area contributed by atoms with Gasteiger partial charge in [-0.1, -0.05) is 6.07 Å². The molecule has 0 unspecified atom stereocenters. The Bertz CT molecular complexity index is 481. The zero-order chi connectivity index (χ0) is 14.5. The van der Waals surface area contributed by atoms with Gasteiger partial charge in [0.2, 0.25) is 0 Å². The highest BCUT2D eigenvalue weighted by atomic mass is 19.4. The molecule has 0 amide bonds. The fourth-order valence-corrected chi connectivity index (χ4v) is 2.37. The van der Waals surface area contributed by atoms with Crippen LogP contribution in [-0.4, -0.2) is 5.54 Å². The van der Waals surface area contributed by atoms with Crippen molar-refractivity contribution >= 4 is 0 Å². The van der Waals surface area contributed by atoms with Gasteiger partial charge in [-0.2, -0.15) is 13.2 Å². The van der Waals surface area contributed by atoms with Crippen molar-refractivity contribution in [2.75, 3.05) is 0 Å². The van der Waals surface area contributed by atoms with Crippen LogP contribution >= 0.6 is 0 Å². The summed E-state index contributed by atoms with van der Waals surface area (Å²) in [5.74, 6) is -1.22. The van der Waals surface area contributed by atoms with Crippen molar-refractivity contribution < 1.29 is 17.6 Å².